The number of piperidine rings is 1. The molecule has 0 radical (unpaired) electrons. The highest BCUT2D eigenvalue weighted by Gasteiger charge is 2.20. The fourth-order valence-electron chi connectivity index (χ4n) is 2.65. The average Bonchev–Trinajstić information content (AvgIpc) is 2.58. The Bertz CT molecular complexity index is 604. The quantitative estimate of drug-likeness (QED) is 0.933. The first-order chi connectivity index (χ1) is 10.7. The highest BCUT2D eigenvalue weighted by atomic mass is 15.2. The van der Waals surface area contributed by atoms with E-state index >= 15 is 0 Å². The molecule has 0 aromatic carbocycles. The SMILES string of the molecule is CCc1cc(N2CCC(Nc3ncc(C)cn3)CC2)ncn1. The van der Waals surface area contributed by atoms with E-state index in [1.807, 2.05) is 19.3 Å². The molecular weight excluding hydrogens is 276 g/mol. The second kappa shape index (κ2) is 6.68. The van der Waals surface area contributed by atoms with Gasteiger partial charge < -0.3 is 10.2 Å². The summed E-state index contributed by atoms with van der Waals surface area (Å²) in [5, 5.41) is 3.42. The molecule has 1 saturated heterocycles. The number of hydrogen-bond acceptors (Lipinski definition) is 6. The van der Waals surface area contributed by atoms with E-state index < -0.39 is 0 Å². The molecule has 0 atom stereocenters. The first kappa shape index (κ1) is 14.7. The monoisotopic (exact) mass is 298 g/mol. The standard InChI is InChI=1S/C16H22N6/c1-3-13-8-15(20-11-19-13)22-6-4-14(5-7-22)21-16-17-9-12(2)10-18-16/h8-11,14H,3-7H2,1-2H3,(H,17,18,21). The first-order valence-electron chi connectivity index (χ1n) is 7.85. The Morgan fingerprint density at radius 2 is 1.86 bits per heavy atom. The molecule has 22 heavy (non-hydrogen) atoms. The van der Waals surface area contributed by atoms with Crippen LogP contribution in [0.4, 0.5) is 11.8 Å². The summed E-state index contributed by atoms with van der Waals surface area (Å²) in [4.78, 5) is 19.6. The van der Waals surface area contributed by atoms with Crippen LogP contribution >= 0.6 is 0 Å². The maximum Gasteiger partial charge on any atom is 0.222 e. The zero-order valence-corrected chi connectivity index (χ0v) is 13.2. The maximum atomic E-state index is 4.40. The van der Waals surface area contributed by atoms with Gasteiger partial charge >= 0.3 is 0 Å². The summed E-state index contributed by atoms with van der Waals surface area (Å²) >= 11 is 0. The topological polar surface area (TPSA) is 66.8 Å². The van der Waals surface area contributed by atoms with Crippen LogP contribution in [0.15, 0.2) is 24.8 Å². The summed E-state index contributed by atoms with van der Waals surface area (Å²) in [6.45, 7) is 6.09. The van der Waals surface area contributed by atoms with Crippen LogP contribution in [0, 0.1) is 6.92 Å². The van der Waals surface area contributed by atoms with Gasteiger partial charge in [-0.25, -0.2) is 19.9 Å². The molecule has 6 nitrogen and oxygen atoms in total. The smallest absolute Gasteiger partial charge is 0.222 e. The van der Waals surface area contributed by atoms with Crippen molar-refractivity contribution in [3.63, 3.8) is 0 Å². The van der Waals surface area contributed by atoms with E-state index in [1.54, 1.807) is 6.33 Å². The lowest BCUT2D eigenvalue weighted by atomic mass is 10.1. The Kier molecular flexibility index (Phi) is 4.46. The normalized spacial score (nSPS) is 15.8. The zero-order valence-electron chi connectivity index (χ0n) is 13.2. The van der Waals surface area contributed by atoms with E-state index in [1.165, 1.54) is 0 Å². The Balaban J connectivity index is 1.56. The fraction of sp³-hybridized carbons (Fsp3) is 0.500. The van der Waals surface area contributed by atoms with Gasteiger partial charge in [0.05, 0.1) is 0 Å². The molecule has 116 valence electrons. The molecule has 0 saturated carbocycles. The van der Waals surface area contributed by atoms with Crippen molar-refractivity contribution in [3.8, 4) is 0 Å². The molecule has 1 N–H and O–H groups in total. The predicted molar refractivity (Wildman–Crippen MR) is 87.0 cm³/mol. The van der Waals surface area contributed by atoms with Crippen molar-refractivity contribution in [1.29, 1.82) is 0 Å². The number of nitrogens with one attached hydrogen (secondary N) is 1. The Morgan fingerprint density at radius 1 is 1.14 bits per heavy atom. The van der Waals surface area contributed by atoms with E-state index in [4.69, 9.17) is 0 Å². The average molecular weight is 298 g/mol. The molecule has 0 spiro atoms. The van der Waals surface area contributed by atoms with Gasteiger partial charge in [-0.05, 0) is 31.7 Å². The van der Waals surface area contributed by atoms with Gasteiger partial charge in [0, 0.05) is 43.3 Å². The minimum absolute atomic E-state index is 0.423. The lowest BCUT2D eigenvalue weighted by Crippen LogP contribution is -2.39. The van der Waals surface area contributed by atoms with Crippen LogP contribution in [0.3, 0.4) is 0 Å². The number of rotatable bonds is 4. The molecule has 2 aromatic rings. The van der Waals surface area contributed by atoms with Gasteiger partial charge in [-0.15, -0.1) is 0 Å². The minimum atomic E-state index is 0.423. The van der Waals surface area contributed by atoms with E-state index in [9.17, 15) is 0 Å². The summed E-state index contributed by atoms with van der Waals surface area (Å²) < 4.78 is 0. The number of anilines is 2. The van der Waals surface area contributed by atoms with Gasteiger partial charge in [-0.3, -0.25) is 0 Å². The lowest BCUT2D eigenvalue weighted by molar-refractivity contribution is 0.520. The molecule has 3 rings (SSSR count). The molecule has 2 aromatic heterocycles. The second-order valence-electron chi connectivity index (χ2n) is 5.71. The molecule has 6 heteroatoms. The predicted octanol–water partition coefficient (Wildman–Crippen LogP) is 2.22. The van der Waals surface area contributed by atoms with Crippen molar-refractivity contribution >= 4 is 11.8 Å². The lowest BCUT2D eigenvalue weighted by Gasteiger charge is -2.33. The highest BCUT2D eigenvalue weighted by Crippen LogP contribution is 2.19. The van der Waals surface area contributed by atoms with Crippen molar-refractivity contribution in [2.75, 3.05) is 23.3 Å². The van der Waals surface area contributed by atoms with E-state index in [2.05, 4.69) is 43.1 Å². The summed E-state index contributed by atoms with van der Waals surface area (Å²) in [6, 6.07) is 2.52. The van der Waals surface area contributed by atoms with Crippen molar-refractivity contribution in [2.24, 2.45) is 0 Å². The minimum Gasteiger partial charge on any atom is -0.356 e. The van der Waals surface area contributed by atoms with Crippen molar-refractivity contribution in [3.05, 3.63) is 36.0 Å². The molecule has 1 aliphatic rings. The fourth-order valence-corrected chi connectivity index (χ4v) is 2.65. The Morgan fingerprint density at radius 3 is 2.55 bits per heavy atom. The van der Waals surface area contributed by atoms with Gasteiger partial charge in [0.1, 0.15) is 12.1 Å². The third-order valence-corrected chi connectivity index (χ3v) is 4.00. The van der Waals surface area contributed by atoms with Gasteiger partial charge in [0.25, 0.3) is 0 Å². The largest absolute Gasteiger partial charge is 0.356 e. The third-order valence-electron chi connectivity index (χ3n) is 4.00. The summed E-state index contributed by atoms with van der Waals surface area (Å²) in [7, 11) is 0. The Labute approximate surface area is 131 Å². The number of aryl methyl sites for hydroxylation is 2. The van der Waals surface area contributed by atoms with Crippen molar-refractivity contribution in [1.82, 2.24) is 19.9 Å². The summed E-state index contributed by atoms with van der Waals surface area (Å²) in [6.07, 6.45) is 8.41. The van der Waals surface area contributed by atoms with Gasteiger partial charge in [0.2, 0.25) is 5.95 Å². The number of nitrogens with zero attached hydrogens (tertiary/aromatic N) is 5. The van der Waals surface area contributed by atoms with E-state index in [0.717, 1.165) is 55.4 Å². The third kappa shape index (κ3) is 3.50. The van der Waals surface area contributed by atoms with E-state index in [-0.39, 0.29) is 0 Å². The Hall–Kier alpha value is -2.24. The summed E-state index contributed by atoms with van der Waals surface area (Å²) in [5.74, 6) is 1.76. The molecule has 0 amide bonds. The number of aromatic nitrogens is 4. The summed E-state index contributed by atoms with van der Waals surface area (Å²) in [5.41, 5.74) is 2.18. The molecular formula is C16H22N6. The molecule has 0 unspecified atom stereocenters. The molecule has 3 heterocycles. The van der Waals surface area contributed by atoms with Gasteiger partial charge in [0.15, 0.2) is 0 Å². The van der Waals surface area contributed by atoms with Crippen LogP contribution in [0.5, 0.6) is 0 Å². The molecule has 0 bridgehead atoms. The highest BCUT2D eigenvalue weighted by molar-refractivity contribution is 5.40. The van der Waals surface area contributed by atoms with Gasteiger partial charge in [-0.2, -0.15) is 0 Å². The first-order valence-corrected chi connectivity index (χ1v) is 7.85. The molecule has 1 aliphatic heterocycles. The maximum absolute atomic E-state index is 4.40. The van der Waals surface area contributed by atoms with Crippen LogP contribution in [-0.4, -0.2) is 39.1 Å². The van der Waals surface area contributed by atoms with Crippen LogP contribution < -0.4 is 10.2 Å². The van der Waals surface area contributed by atoms with Crippen LogP contribution in [0.2, 0.25) is 0 Å². The van der Waals surface area contributed by atoms with Crippen LogP contribution in [0.25, 0.3) is 0 Å². The molecule has 0 aliphatic carbocycles. The van der Waals surface area contributed by atoms with Crippen molar-refractivity contribution in [2.45, 2.75) is 39.2 Å². The van der Waals surface area contributed by atoms with Crippen molar-refractivity contribution < 1.29 is 0 Å². The van der Waals surface area contributed by atoms with Crippen LogP contribution in [-0.2, 0) is 6.42 Å². The number of hydrogen-bond donors (Lipinski definition) is 1. The zero-order chi connectivity index (χ0) is 15.4. The van der Waals surface area contributed by atoms with Crippen LogP contribution in [0.1, 0.15) is 31.0 Å². The van der Waals surface area contributed by atoms with E-state index in [0.29, 0.717) is 6.04 Å². The second-order valence-corrected chi connectivity index (χ2v) is 5.71. The molecule has 1 fully saturated rings. The van der Waals surface area contributed by atoms with Gasteiger partial charge in [-0.1, -0.05) is 6.92 Å².